The number of piperidine rings is 1. The second-order valence-corrected chi connectivity index (χ2v) is 9.35. The molecule has 0 bridgehead atoms. The number of pyridine rings is 1. The number of sulfonamides is 1. The molecular weight excluding hydrogens is 328 g/mol. The monoisotopic (exact) mass is 352 g/mol. The standard InChI is InChI=1S/C17H24N2O4S/c20-24(21,16-3-4-16)19-8-5-17(6-9-19)10-15(13-23-17)22-12-14-2-1-7-18-11-14/h1-2,7,11,15-16H,3-6,8-10,12-13H2/t15-/m1/s1. The highest BCUT2D eigenvalue weighted by atomic mass is 32.2. The largest absolute Gasteiger partial charge is 0.372 e. The molecule has 132 valence electrons. The Bertz CT molecular complexity index is 667. The second-order valence-electron chi connectivity index (χ2n) is 7.14. The summed E-state index contributed by atoms with van der Waals surface area (Å²) in [5, 5.41) is -0.119. The van der Waals surface area contributed by atoms with Crippen LogP contribution >= 0.6 is 0 Å². The third-order valence-corrected chi connectivity index (χ3v) is 7.72. The van der Waals surface area contributed by atoms with Gasteiger partial charge in [0.25, 0.3) is 0 Å². The van der Waals surface area contributed by atoms with Crippen molar-refractivity contribution in [1.29, 1.82) is 0 Å². The Labute approximate surface area is 143 Å². The Morgan fingerprint density at radius 2 is 2.12 bits per heavy atom. The summed E-state index contributed by atoms with van der Waals surface area (Å²) in [6.45, 7) is 2.29. The van der Waals surface area contributed by atoms with Gasteiger partial charge in [-0.2, -0.15) is 0 Å². The molecule has 0 amide bonds. The van der Waals surface area contributed by atoms with Crippen molar-refractivity contribution in [1.82, 2.24) is 9.29 Å². The molecule has 1 aromatic rings. The van der Waals surface area contributed by atoms with Crippen LogP contribution in [-0.4, -0.2) is 54.4 Å². The van der Waals surface area contributed by atoms with Crippen molar-refractivity contribution in [3.63, 3.8) is 0 Å². The third-order valence-electron chi connectivity index (χ3n) is 5.32. The zero-order valence-electron chi connectivity index (χ0n) is 13.8. The van der Waals surface area contributed by atoms with Crippen LogP contribution in [0.15, 0.2) is 24.5 Å². The summed E-state index contributed by atoms with van der Waals surface area (Å²) in [5.74, 6) is 0. The van der Waals surface area contributed by atoms with E-state index in [1.807, 2.05) is 18.3 Å². The zero-order valence-corrected chi connectivity index (χ0v) is 14.6. The van der Waals surface area contributed by atoms with Crippen molar-refractivity contribution in [3.05, 3.63) is 30.1 Å². The molecule has 6 nitrogen and oxygen atoms in total. The smallest absolute Gasteiger partial charge is 0.216 e. The van der Waals surface area contributed by atoms with Gasteiger partial charge in [0.2, 0.25) is 10.0 Å². The zero-order chi connectivity index (χ0) is 16.6. The third kappa shape index (κ3) is 3.35. The molecule has 0 N–H and O–H groups in total. The highest BCUT2D eigenvalue weighted by Gasteiger charge is 2.47. The second kappa shape index (κ2) is 6.37. The molecule has 4 rings (SSSR count). The average Bonchev–Trinajstić information content (AvgIpc) is 3.39. The molecule has 3 heterocycles. The molecule has 1 saturated carbocycles. The fraction of sp³-hybridized carbons (Fsp3) is 0.706. The Morgan fingerprint density at radius 3 is 2.79 bits per heavy atom. The normalized spacial score (nSPS) is 27.6. The highest BCUT2D eigenvalue weighted by Crippen LogP contribution is 2.40. The molecule has 0 radical (unpaired) electrons. The molecule has 1 atom stereocenters. The van der Waals surface area contributed by atoms with E-state index < -0.39 is 10.0 Å². The SMILES string of the molecule is O=S(=O)(C1CC1)N1CCC2(CC1)C[C@@H](OCc1cccnc1)CO2. The predicted molar refractivity (Wildman–Crippen MR) is 88.9 cm³/mol. The Balaban J connectivity index is 1.29. The van der Waals surface area contributed by atoms with Gasteiger partial charge in [-0.15, -0.1) is 0 Å². The van der Waals surface area contributed by atoms with E-state index in [1.54, 1.807) is 10.5 Å². The topological polar surface area (TPSA) is 68.7 Å². The lowest BCUT2D eigenvalue weighted by Crippen LogP contribution is -2.47. The van der Waals surface area contributed by atoms with E-state index in [0.29, 0.717) is 26.3 Å². The number of nitrogens with zero attached hydrogens (tertiary/aromatic N) is 2. The minimum Gasteiger partial charge on any atom is -0.372 e. The van der Waals surface area contributed by atoms with Gasteiger partial charge < -0.3 is 9.47 Å². The van der Waals surface area contributed by atoms with Crippen LogP contribution in [0.1, 0.15) is 37.7 Å². The fourth-order valence-electron chi connectivity index (χ4n) is 3.68. The number of hydrogen-bond donors (Lipinski definition) is 0. The molecule has 1 aliphatic carbocycles. The van der Waals surface area contributed by atoms with E-state index in [0.717, 1.165) is 37.7 Å². The lowest BCUT2D eigenvalue weighted by molar-refractivity contribution is -0.0343. The van der Waals surface area contributed by atoms with Crippen LogP contribution in [0.2, 0.25) is 0 Å². The summed E-state index contributed by atoms with van der Waals surface area (Å²) in [4.78, 5) is 4.09. The van der Waals surface area contributed by atoms with Gasteiger partial charge in [0, 0.05) is 31.9 Å². The lowest BCUT2D eigenvalue weighted by Gasteiger charge is -2.38. The van der Waals surface area contributed by atoms with Crippen molar-refractivity contribution < 1.29 is 17.9 Å². The summed E-state index contributed by atoms with van der Waals surface area (Å²) in [5.41, 5.74) is 0.860. The first-order valence-corrected chi connectivity index (χ1v) is 10.2. The summed E-state index contributed by atoms with van der Waals surface area (Å²) in [6.07, 6.45) is 7.68. The molecular formula is C17H24N2O4S. The number of rotatable bonds is 5. The number of ether oxygens (including phenoxy) is 2. The Morgan fingerprint density at radius 1 is 1.33 bits per heavy atom. The lowest BCUT2D eigenvalue weighted by atomic mass is 9.89. The van der Waals surface area contributed by atoms with Gasteiger partial charge in [-0.25, -0.2) is 12.7 Å². The van der Waals surface area contributed by atoms with Gasteiger partial charge in [0.05, 0.1) is 30.2 Å². The molecule has 1 spiro atoms. The maximum Gasteiger partial charge on any atom is 0.216 e. The minimum atomic E-state index is -3.06. The fourth-order valence-corrected chi connectivity index (χ4v) is 5.53. The quantitative estimate of drug-likeness (QED) is 0.807. The highest BCUT2D eigenvalue weighted by molar-refractivity contribution is 7.90. The summed E-state index contributed by atoms with van der Waals surface area (Å²) in [7, 11) is -3.06. The van der Waals surface area contributed by atoms with Gasteiger partial charge in [-0.1, -0.05) is 6.07 Å². The summed E-state index contributed by atoms with van der Waals surface area (Å²) < 4.78 is 38.3. The maximum absolute atomic E-state index is 12.3. The van der Waals surface area contributed by atoms with Gasteiger partial charge in [-0.05, 0) is 37.3 Å². The van der Waals surface area contributed by atoms with Gasteiger partial charge in [-0.3, -0.25) is 4.98 Å². The van der Waals surface area contributed by atoms with Crippen LogP contribution in [0.3, 0.4) is 0 Å². The molecule has 3 fully saturated rings. The molecule has 3 aliphatic rings. The van der Waals surface area contributed by atoms with Crippen molar-refractivity contribution in [2.45, 2.75) is 55.7 Å². The van der Waals surface area contributed by atoms with Crippen LogP contribution in [-0.2, 0) is 26.1 Å². The predicted octanol–water partition coefficient (Wildman–Crippen LogP) is 1.71. The van der Waals surface area contributed by atoms with Crippen LogP contribution in [0.5, 0.6) is 0 Å². The molecule has 0 aromatic carbocycles. The van der Waals surface area contributed by atoms with Crippen LogP contribution in [0, 0.1) is 0 Å². The van der Waals surface area contributed by atoms with E-state index in [4.69, 9.17) is 9.47 Å². The summed E-state index contributed by atoms with van der Waals surface area (Å²) in [6, 6.07) is 3.90. The first kappa shape index (κ1) is 16.4. The van der Waals surface area contributed by atoms with Crippen molar-refractivity contribution in [2.75, 3.05) is 19.7 Å². The first-order valence-electron chi connectivity index (χ1n) is 8.71. The van der Waals surface area contributed by atoms with Crippen molar-refractivity contribution in [2.24, 2.45) is 0 Å². The van der Waals surface area contributed by atoms with E-state index in [-0.39, 0.29) is 17.0 Å². The molecule has 1 aromatic heterocycles. The average molecular weight is 352 g/mol. The number of hydrogen-bond acceptors (Lipinski definition) is 5. The Kier molecular flexibility index (Phi) is 4.36. The van der Waals surface area contributed by atoms with Crippen LogP contribution in [0.4, 0.5) is 0 Å². The van der Waals surface area contributed by atoms with E-state index in [1.165, 1.54) is 0 Å². The molecule has 24 heavy (non-hydrogen) atoms. The number of aromatic nitrogens is 1. The molecule has 7 heteroatoms. The van der Waals surface area contributed by atoms with E-state index in [2.05, 4.69) is 4.98 Å². The van der Waals surface area contributed by atoms with Gasteiger partial charge in [0.1, 0.15) is 0 Å². The van der Waals surface area contributed by atoms with Crippen LogP contribution < -0.4 is 0 Å². The van der Waals surface area contributed by atoms with Gasteiger partial charge >= 0.3 is 0 Å². The molecule has 0 unspecified atom stereocenters. The molecule has 2 saturated heterocycles. The maximum atomic E-state index is 12.3. The van der Waals surface area contributed by atoms with E-state index >= 15 is 0 Å². The van der Waals surface area contributed by atoms with E-state index in [9.17, 15) is 8.42 Å². The Hall–Kier alpha value is -1.02. The van der Waals surface area contributed by atoms with Gasteiger partial charge in [0.15, 0.2) is 0 Å². The summed E-state index contributed by atoms with van der Waals surface area (Å²) >= 11 is 0. The first-order chi connectivity index (χ1) is 11.6. The van der Waals surface area contributed by atoms with Crippen molar-refractivity contribution >= 4 is 10.0 Å². The van der Waals surface area contributed by atoms with Crippen molar-refractivity contribution in [3.8, 4) is 0 Å². The van der Waals surface area contributed by atoms with Crippen LogP contribution in [0.25, 0.3) is 0 Å². The molecule has 2 aliphatic heterocycles. The minimum absolute atomic E-state index is 0.0804.